The Morgan fingerprint density at radius 1 is 1.38 bits per heavy atom. The number of rotatable bonds is 5. The summed E-state index contributed by atoms with van der Waals surface area (Å²) in [5, 5.41) is 0.677. The quantitative estimate of drug-likeness (QED) is 0.629. The molecule has 3 heteroatoms. The molecular weight excluding hydrogens is 222 g/mol. The summed E-state index contributed by atoms with van der Waals surface area (Å²) in [6, 6.07) is 5.55. The molecule has 1 saturated carbocycles. The number of halogens is 1. The van der Waals surface area contributed by atoms with Gasteiger partial charge < -0.3 is 10.5 Å². The van der Waals surface area contributed by atoms with Gasteiger partial charge in [-0.05, 0) is 24.5 Å². The molecule has 1 aromatic rings. The van der Waals surface area contributed by atoms with Gasteiger partial charge in [-0.15, -0.1) is 0 Å². The summed E-state index contributed by atoms with van der Waals surface area (Å²) in [5.74, 6) is 0.905. The lowest BCUT2D eigenvalue weighted by Crippen LogP contribution is -2.13. The summed E-state index contributed by atoms with van der Waals surface area (Å²) in [6.45, 7) is 1.43. The molecule has 2 nitrogen and oxygen atoms in total. The van der Waals surface area contributed by atoms with Gasteiger partial charge in [0.1, 0.15) is 0 Å². The number of anilines is 1. The monoisotopic (exact) mass is 239 g/mol. The fraction of sp³-hybridized carbons (Fsp3) is 0.538. The topological polar surface area (TPSA) is 35.2 Å². The molecule has 1 aromatic carbocycles. The lowest BCUT2D eigenvalue weighted by molar-refractivity contribution is 0.0953. The molecule has 0 spiro atoms. The maximum atomic E-state index is 5.84. The summed E-state index contributed by atoms with van der Waals surface area (Å²) in [5.41, 5.74) is 7.58. The number of hydrogen-bond acceptors (Lipinski definition) is 2. The van der Waals surface area contributed by atoms with Gasteiger partial charge in [0.25, 0.3) is 0 Å². The molecule has 1 fully saturated rings. The van der Waals surface area contributed by atoms with Crippen molar-refractivity contribution in [2.45, 2.75) is 32.3 Å². The molecule has 0 radical (unpaired) electrons. The van der Waals surface area contributed by atoms with Crippen LogP contribution in [0.3, 0.4) is 0 Å². The molecular formula is C13H18ClNO. The van der Waals surface area contributed by atoms with E-state index in [0.717, 1.165) is 23.8 Å². The van der Waals surface area contributed by atoms with Crippen LogP contribution in [-0.2, 0) is 11.3 Å². The number of ether oxygens (including phenoxy) is 1. The van der Waals surface area contributed by atoms with Gasteiger partial charge in [-0.1, -0.05) is 36.9 Å². The van der Waals surface area contributed by atoms with Gasteiger partial charge in [-0.3, -0.25) is 0 Å². The fourth-order valence-corrected chi connectivity index (χ4v) is 2.09. The summed E-state index contributed by atoms with van der Waals surface area (Å²) in [4.78, 5) is 0. The summed E-state index contributed by atoms with van der Waals surface area (Å²) < 4.78 is 5.62. The van der Waals surface area contributed by atoms with Gasteiger partial charge in [-0.2, -0.15) is 0 Å². The SMILES string of the molecule is Nc1cc(Cl)ccc1COCCC1CCC1. The van der Waals surface area contributed by atoms with E-state index in [1.165, 1.54) is 25.7 Å². The first-order valence-corrected chi connectivity index (χ1v) is 6.25. The third-order valence-corrected chi connectivity index (χ3v) is 3.50. The minimum atomic E-state index is 0.593. The van der Waals surface area contributed by atoms with Gasteiger partial charge in [-0.25, -0.2) is 0 Å². The van der Waals surface area contributed by atoms with Crippen molar-refractivity contribution < 1.29 is 4.74 Å². The van der Waals surface area contributed by atoms with Crippen LogP contribution in [0.1, 0.15) is 31.2 Å². The first kappa shape index (κ1) is 11.7. The molecule has 16 heavy (non-hydrogen) atoms. The van der Waals surface area contributed by atoms with E-state index in [9.17, 15) is 0 Å². The van der Waals surface area contributed by atoms with Crippen LogP contribution in [0.25, 0.3) is 0 Å². The van der Waals surface area contributed by atoms with Crippen LogP contribution in [0.5, 0.6) is 0 Å². The number of hydrogen-bond donors (Lipinski definition) is 1. The molecule has 1 aliphatic rings. The average molecular weight is 240 g/mol. The molecule has 0 bridgehead atoms. The molecule has 0 amide bonds. The summed E-state index contributed by atoms with van der Waals surface area (Å²) >= 11 is 5.83. The normalized spacial score (nSPS) is 16.1. The average Bonchev–Trinajstić information content (AvgIpc) is 2.18. The largest absolute Gasteiger partial charge is 0.398 e. The first-order valence-electron chi connectivity index (χ1n) is 5.87. The smallest absolute Gasteiger partial charge is 0.0736 e. The minimum Gasteiger partial charge on any atom is -0.398 e. The Balaban J connectivity index is 1.71. The van der Waals surface area contributed by atoms with Gasteiger partial charge >= 0.3 is 0 Å². The van der Waals surface area contributed by atoms with Crippen LogP contribution in [-0.4, -0.2) is 6.61 Å². The van der Waals surface area contributed by atoms with Crippen molar-refractivity contribution in [3.8, 4) is 0 Å². The highest BCUT2D eigenvalue weighted by Crippen LogP contribution is 2.29. The van der Waals surface area contributed by atoms with E-state index in [0.29, 0.717) is 11.6 Å². The van der Waals surface area contributed by atoms with Crippen molar-refractivity contribution in [3.63, 3.8) is 0 Å². The lowest BCUT2D eigenvalue weighted by Gasteiger charge is -2.24. The zero-order valence-electron chi connectivity index (χ0n) is 9.42. The standard InChI is InChI=1S/C13H18ClNO/c14-12-5-4-11(13(15)8-12)9-16-7-6-10-2-1-3-10/h4-5,8,10H,1-3,6-7,9,15H2. The van der Waals surface area contributed by atoms with Crippen LogP contribution >= 0.6 is 11.6 Å². The molecule has 0 aliphatic heterocycles. The van der Waals surface area contributed by atoms with Gasteiger partial charge in [0.15, 0.2) is 0 Å². The number of nitrogen functional groups attached to an aromatic ring is 1. The van der Waals surface area contributed by atoms with E-state index in [1.807, 2.05) is 12.1 Å². The molecule has 88 valence electrons. The molecule has 1 aliphatic carbocycles. The number of benzene rings is 1. The van der Waals surface area contributed by atoms with Crippen molar-refractivity contribution in [1.29, 1.82) is 0 Å². The second-order valence-electron chi connectivity index (χ2n) is 4.48. The van der Waals surface area contributed by atoms with Crippen molar-refractivity contribution >= 4 is 17.3 Å². The summed E-state index contributed by atoms with van der Waals surface area (Å²) in [6.07, 6.45) is 5.35. The summed E-state index contributed by atoms with van der Waals surface area (Å²) in [7, 11) is 0. The highest BCUT2D eigenvalue weighted by molar-refractivity contribution is 6.30. The molecule has 2 N–H and O–H groups in total. The highest BCUT2D eigenvalue weighted by atomic mass is 35.5. The van der Waals surface area contributed by atoms with Crippen LogP contribution < -0.4 is 5.73 Å². The van der Waals surface area contributed by atoms with E-state index < -0.39 is 0 Å². The van der Waals surface area contributed by atoms with Crippen molar-refractivity contribution in [1.82, 2.24) is 0 Å². The zero-order valence-corrected chi connectivity index (χ0v) is 10.2. The van der Waals surface area contributed by atoms with Crippen molar-refractivity contribution in [2.24, 2.45) is 5.92 Å². The predicted octanol–water partition coefficient (Wildman–Crippen LogP) is 3.63. The Hall–Kier alpha value is -0.730. The third kappa shape index (κ3) is 3.13. The minimum absolute atomic E-state index is 0.593. The molecule has 0 aromatic heterocycles. The van der Waals surface area contributed by atoms with E-state index in [4.69, 9.17) is 22.1 Å². The highest BCUT2D eigenvalue weighted by Gasteiger charge is 2.16. The Kier molecular flexibility index (Phi) is 4.08. The van der Waals surface area contributed by atoms with Crippen LogP contribution in [0, 0.1) is 5.92 Å². The third-order valence-electron chi connectivity index (χ3n) is 3.26. The van der Waals surface area contributed by atoms with E-state index >= 15 is 0 Å². The molecule has 2 rings (SSSR count). The maximum Gasteiger partial charge on any atom is 0.0736 e. The van der Waals surface area contributed by atoms with Crippen LogP contribution in [0.4, 0.5) is 5.69 Å². The molecule has 0 saturated heterocycles. The second-order valence-corrected chi connectivity index (χ2v) is 4.92. The Bertz CT molecular complexity index is 350. The van der Waals surface area contributed by atoms with E-state index in [1.54, 1.807) is 6.07 Å². The fourth-order valence-electron chi connectivity index (χ4n) is 1.91. The first-order chi connectivity index (χ1) is 7.75. The van der Waals surface area contributed by atoms with Gasteiger partial charge in [0.2, 0.25) is 0 Å². The van der Waals surface area contributed by atoms with E-state index in [-0.39, 0.29) is 0 Å². The lowest BCUT2D eigenvalue weighted by atomic mass is 9.83. The van der Waals surface area contributed by atoms with E-state index in [2.05, 4.69) is 0 Å². The molecule has 0 atom stereocenters. The Labute approximate surface area is 102 Å². The number of nitrogens with two attached hydrogens (primary N) is 1. The van der Waals surface area contributed by atoms with Crippen LogP contribution in [0.15, 0.2) is 18.2 Å². The van der Waals surface area contributed by atoms with Gasteiger partial charge in [0, 0.05) is 22.9 Å². The van der Waals surface area contributed by atoms with Crippen molar-refractivity contribution in [2.75, 3.05) is 12.3 Å². The van der Waals surface area contributed by atoms with Crippen molar-refractivity contribution in [3.05, 3.63) is 28.8 Å². The Morgan fingerprint density at radius 3 is 2.81 bits per heavy atom. The maximum absolute atomic E-state index is 5.84. The molecule has 0 unspecified atom stereocenters. The van der Waals surface area contributed by atoms with Crippen LogP contribution in [0.2, 0.25) is 5.02 Å². The molecule has 0 heterocycles. The Morgan fingerprint density at radius 2 is 2.19 bits per heavy atom. The second kappa shape index (κ2) is 5.55. The van der Waals surface area contributed by atoms with Gasteiger partial charge in [0.05, 0.1) is 6.61 Å². The predicted molar refractivity (Wildman–Crippen MR) is 67.5 cm³/mol. The zero-order chi connectivity index (χ0) is 11.4.